The minimum absolute atomic E-state index is 0.245. The molecule has 6 heteroatoms. The molecule has 2 aromatic rings. The minimum atomic E-state index is 0.245. The Kier molecular flexibility index (Phi) is 6.52. The number of piperidine rings is 1. The Morgan fingerprint density at radius 1 is 1.09 bits per heavy atom. The molecule has 2 atom stereocenters. The van der Waals surface area contributed by atoms with Gasteiger partial charge in [-0.25, -0.2) is 9.97 Å². The van der Waals surface area contributed by atoms with Crippen molar-refractivity contribution in [2.45, 2.75) is 52.4 Å². The van der Waals surface area contributed by atoms with Crippen molar-refractivity contribution >= 4 is 11.9 Å². The van der Waals surface area contributed by atoms with E-state index in [1.807, 2.05) is 30.3 Å². The first-order valence-electron chi connectivity index (χ1n) is 12.6. The number of hydrogen-bond donors (Lipinski definition) is 0. The highest BCUT2D eigenvalue weighted by molar-refractivity contribution is 5.79. The summed E-state index contributed by atoms with van der Waals surface area (Å²) in [5.74, 6) is 4.57. The number of ether oxygens (including phenoxy) is 1. The average molecular weight is 449 g/mol. The number of aryl methyl sites for hydroxylation is 2. The normalized spacial score (nSPS) is 22.7. The van der Waals surface area contributed by atoms with E-state index in [2.05, 4.69) is 33.9 Å². The molecule has 1 aromatic carbocycles. The summed E-state index contributed by atoms with van der Waals surface area (Å²) in [6.07, 6.45) is 10.4. The number of carbonyl (C=O) groups is 1. The van der Waals surface area contributed by atoms with Crippen molar-refractivity contribution in [3.05, 3.63) is 47.3 Å². The standard InChI is InChI=1S/C27H36N4O2/c1-19-17-28-27(29-18-19)31-11-6-21(7-12-31)25-15-23(25)8-13-33-24-5-4-22(20(2)14-24)16-26(32)30-9-3-10-30/h4-5,14,17-18,21,23,25H,3,6-13,15-16H2,1-2H3. The first-order valence-corrected chi connectivity index (χ1v) is 12.6. The highest BCUT2D eigenvalue weighted by atomic mass is 16.5. The van der Waals surface area contributed by atoms with E-state index >= 15 is 0 Å². The van der Waals surface area contributed by atoms with E-state index in [1.54, 1.807) is 0 Å². The zero-order chi connectivity index (χ0) is 22.8. The van der Waals surface area contributed by atoms with Crippen LogP contribution in [0, 0.1) is 31.6 Å². The maximum atomic E-state index is 12.2. The van der Waals surface area contributed by atoms with Gasteiger partial charge in [0, 0.05) is 38.6 Å². The molecule has 0 N–H and O–H groups in total. The second-order valence-corrected chi connectivity index (χ2v) is 10.2. The number of anilines is 1. The summed E-state index contributed by atoms with van der Waals surface area (Å²) in [4.78, 5) is 25.5. The van der Waals surface area contributed by atoms with E-state index in [9.17, 15) is 4.79 Å². The molecule has 1 aromatic heterocycles. The molecule has 5 rings (SSSR count). The summed E-state index contributed by atoms with van der Waals surface area (Å²) in [6, 6.07) is 6.18. The molecule has 2 saturated heterocycles. The zero-order valence-electron chi connectivity index (χ0n) is 20.0. The Morgan fingerprint density at radius 2 is 1.85 bits per heavy atom. The van der Waals surface area contributed by atoms with Crippen molar-refractivity contribution in [1.29, 1.82) is 0 Å². The van der Waals surface area contributed by atoms with Gasteiger partial charge < -0.3 is 14.5 Å². The molecule has 2 unspecified atom stereocenters. The second-order valence-electron chi connectivity index (χ2n) is 10.2. The van der Waals surface area contributed by atoms with Crippen molar-refractivity contribution in [2.24, 2.45) is 17.8 Å². The Balaban J connectivity index is 1.02. The number of hydrogen-bond acceptors (Lipinski definition) is 5. The third-order valence-corrected chi connectivity index (χ3v) is 7.79. The number of benzene rings is 1. The van der Waals surface area contributed by atoms with Gasteiger partial charge in [0.05, 0.1) is 13.0 Å². The third-order valence-electron chi connectivity index (χ3n) is 7.79. The van der Waals surface area contributed by atoms with Crippen LogP contribution in [-0.4, -0.2) is 53.6 Å². The lowest BCUT2D eigenvalue weighted by Gasteiger charge is -2.32. The van der Waals surface area contributed by atoms with Gasteiger partial charge in [-0.1, -0.05) is 6.07 Å². The summed E-state index contributed by atoms with van der Waals surface area (Å²) in [5, 5.41) is 0. The third kappa shape index (κ3) is 5.31. The van der Waals surface area contributed by atoms with Gasteiger partial charge in [0.1, 0.15) is 5.75 Å². The van der Waals surface area contributed by atoms with Gasteiger partial charge in [-0.3, -0.25) is 4.79 Å². The van der Waals surface area contributed by atoms with Gasteiger partial charge in [0.2, 0.25) is 11.9 Å². The molecule has 3 fully saturated rings. The molecule has 0 bridgehead atoms. The highest BCUT2D eigenvalue weighted by Gasteiger charge is 2.43. The second kappa shape index (κ2) is 9.70. The Hall–Kier alpha value is -2.63. The maximum Gasteiger partial charge on any atom is 0.227 e. The van der Waals surface area contributed by atoms with Crippen molar-refractivity contribution in [3.63, 3.8) is 0 Å². The fourth-order valence-electron chi connectivity index (χ4n) is 5.38. The molecule has 0 spiro atoms. The fourth-order valence-corrected chi connectivity index (χ4v) is 5.38. The lowest BCUT2D eigenvalue weighted by molar-refractivity contribution is -0.133. The quantitative estimate of drug-likeness (QED) is 0.606. The summed E-state index contributed by atoms with van der Waals surface area (Å²) in [5.41, 5.74) is 3.37. The van der Waals surface area contributed by atoms with E-state index in [1.165, 1.54) is 19.3 Å². The Morgan fingerprint density at radius 3 is 2.52 bits per heavy atom. The molecule has 1 aliphatic carbocycles. The summed E-state index contributed by atoms with van der Waals surface area (Å²) >= 11 is 0. The number of aromatic nitrogens is 2. The predicted molar refractivity (Wildman–Crippen MR) is 129 cm³/mol. The zero-order valence-corrected chi connectivity index (χ0v) is 20.0. The first kappa shape index (κ1) is 22.2. The van der Waals surface area contributed by atoms with E-state index in [-0.39, 0.29) is 5.91 Å². The number of nitrogens with zero attached hydrogens (tertiary/aromatic N) is 4. The molecule has 1 amide bonds. The summed E-state index contributed by atoms with van der Waals surface area (Å²) < 4.78 is 6.08. The van der Waals surface area contributed by atoms with Crippen molar-refractivity contribution in [1.82, 2.24) is 14.9 Å². The van der Waals surface area contributed by atoms with Crippen LogP contribution >= 0.6 is 0 Å². The predicted octanol–water partition coefficient (Wildman–Crippen LogP) is 4.19. The van der Waals surface area contributed by atoms with Gasteiger partial charge >= 0.3 is 0 Å². The molecular weight excluding hydrogens is 412 g/mol. The Labute approximate surface area is 197 Å². The number of amides is 1. The molecule has 2 aliphatic heterocycles. The smallest absolute Gasteiger partial charge is 0.227 e. The van der Waals surface area contributed by atoms with Gasteiger partial charge in [0.25, 0.3) is 0 Å². The minimum Gasteiger partial charge on any atom is -0.494 e. The number of likely N-dealkylation sites (tertiary alicyclic amines) is 1. The molecule has 33 heavy (non-hydrogen) atoms. The number of rotatable bonds is 8. The van der Waals surface area contributed by atoms with Crippen LogP contribution in [0.2, 0.25) is 0 Å². The van der Waals surface area contributed by atoms with Crippen LogP contribution in [0.3, 0.4) is 0 Å². The summed E-state index contributed by atoms with van der Waals surface area (Å²) in [7, 11) is 0. The van der Waals surface area contributed by atoms with Crippen LogP contribution in [0.5, 0.6) is 5.75 Å². The fraction of sp³-hybridized carbons (Fsp3) is 0.593. The SMILES string of the molecule is Cc1cnc(N2CCC(C3CC3CCOc3ccc(CC(=O)N4CCC4)c(C)c3)CC2)nc1. The van der Waals surface area contributed by atoms with Crippen molar-refractivity contribution < 1.29 is 9.53 Å². The average Bonchev–Trinajstić information content (AvgIpc) is 3.55. The van der Waals surface area contributed by atoms with Gasteiger partial charge in [-0.15, -0.1) is 0 Å². The first-order chi connectivity index (χ1) is 16.1. The molecule has 3 heterocycles. The Bertz CT molecular complexity index is 965. The van der Waals surface area contributed by atoms with Gasteiger partial charge in [0.15, 0.2) is 0 Å². The molecule has 176 valence electrons. The lowest BCUT2D eigenvalue weighted by atomic mass is 9.90. The lowest BCUT2D eigenvalue weighted by Crippen LogP contribution is -2.42. The van der Waals surface area contributed by atoms with Gasteiger partial charge in [-0.2, -0.15) is 0 Å². The highest BCUT2D eigenvalue weighted by Crippen LogP contribution is 2.49. The molecule has 6 nitrogen and oxygen atoms in total. The number of carbonyl (C=O) groups excluding carboxylic acids is 1. The van der Waals surface area contributed by atoms with Crippen LogP contribution < -0.4 is 9.64 Å². The van der Waals surface area contributed by atoms with Crippen LogP contribution in [0.15, 0.2) is 30.6 Å². The largest absolute Gasteiger partial charge is 0.494 e. The van der Waals surface area contributed by atoms with Crippen LogP contribution in [0.1, 0.15) is 48.8 Å². The van der Waals surface area contributed by atoms with E-state index < -0.39 is 0 Å². The van der Waals surface area contributed by atoms with Crippen LogP contribution in [0.25, 0.3) is 0 Å². The van der Waals surface area contributed by atoms with E-state index in [0.717, 1.165) is 91.8 Å². The van der Waals surface area contributed by atoms with Crippen LogP contribution in [-0.2, 0) is 11.2 Å². The van der Waals surface area contributed by atoms with Crippen LogP contribution in [0.4, 0.5) is 5.95 Å². The monoisotopic (exact) mass is 448 g/mol. The topological polar surface area (TPSA) is 58.6 Å². The van der Waals surface area contributed by atoms with Gasteiger partial charge in [-0.05, 0) is 92.5 Å². The summed E-state index contributed by atoms with van der Waals surface area (Å²) in [6.45, 7) is 8.86. The molecule has 1 saturated carbocycles. The van der Waals surface area contributed by atoms with E-state index in [4.69, 9.17) is 4.74 Å². The van der Waals surface area contributed by atoms with Crippen molar-refractivity contribution in [2.75, 3.05) is 37.7 Å². The van der Waals surface area contributed by atoms with E-state index in [0.29, 0.717) is 6.42 Å². The molecule has 3 aliphatic rings. The maximum absolute atomic E-state index is 12.2. The molecular formula is C27H36N4O2. The van der Waals surface area contributed by atoms with Crippen molar-refractivity contribution in [3.8, 4) is 5.75 Å². The molecule has 0 radical (unpaired) electrons.